The summed E-state index contributed by atoms with van der Waals surface area (Å²) in [7, 11) is 0. The van der Waals surface area contributed by atoms with Gasteiger partial charge in [0, 0.05) is 30.4 Å². The minimum atomic E-state index is 0. The number of anilines is 1. The quantitative estimate of drug-likeness (QED) is 0.823. The molecule has 2 atom stereocenters. The molecule has 0 aromatic heterocycles. The van der Waals surface area contributed by atoms with Crippen LogP contribution in [0.4, 0.5) is 5.69 Å². The molecule has 1 saturated carbocycles. The van der Waals surface area contributed by atoms with Gasteiger partial charge in [0.15, 0.2) is 0 Å². The summed E-state index contributed by atoms with van der Waals surface area (Å²) < 4.78 is 0. The van der Waals surface area contributed by atoms with Crippen molar-refractivity contribution in [3.8, 4) is 0 Å². The van der Waals surface area contributed by atoms with Gasteiger partial charge in [-0.1, -0.05) is 12.1 Å². The summed E-state index contributed by atoms with van der Waals surface area (Å²) in [6.07, 6.45) is 4.17. The highest BCUT2D eigenvalue weighted by molar-refractivity contribution is 5.85. The summed E-state index contributed by atoms with van der Waals surface area (Å²) in [5.74, 6) is 0.115. The highest BCUT2D eigenvalue weighted by Crippen LogP contribution is 2.33. The van der Waals surface area contributed by atoms with E-state index in [-0.39, 0.29) is 30.7 Å². The van der Waals surface area contributed by atoms with E-state index in [9.17, 15) is 4.79 Å². The highest BCUT2D eigenvalue weighted by Gasteiger charge is 2.38. The van der Waals surface area contributed by atoms with Gasteiger partial charge in [-0.15, -0.1) is 24.8 Å². The average molecular weight is 346 g/mol. The lowest BCUT2D eigenvalue weighted by Crippen LogP contribution is -2.38. The first kappa shape index (κ1) is 19.1. The molecule has 1 heterocycles. The van der Waals surface area contributed by atoms with Crippen LogP contribution in [0.5, 0.6) is 0 Å². The monoisotopic (exact) mass is 345 g/mol. The van der Waals surface area contributed by atoms with E-state index >= 15 is 0 Å². The molecule has 22 heavy (non-hydrogen) atoms. The molecule has 0 radical (unpaired) electrons. The third kappa shape index (κ3) is 4.77. The first-order chi connectivity index (χ1) is 9.61. The summed E-state index contributed by atoms with van der Waals surface area (Å²) in [6, 6.07) is 9.22. The van der Waals surface area contributed by atoms with E-state index in [0.717, 1.165) is 30.3 Å². The van der Waals surface area contributed by atoms with E-state index in [0.29, 0.717) is 18.5 Å². The number of rotatable bonds is 4. The van der Waals surface area contributed by atoms with Gasteiger partial charge < -0.3 is 11.1 Å². The number of amides is 1. The summed E-state index contributed by atoms with van der Waals surface area (Å²) in [4.78, 5) is 14.6. The predicted molar refractivity (Wildman–Crippen MR) is 94.8 cm³/mol. The van der Waals surface area contributed by atoms with Crippen LogP contribution >= 0.6 is 24.8 Å². The Morgan fingerprint density at radius 2 is 1.91 bits per heavy atom. The van der Waals surface area contributed by atoms with E-state index in [4.69, 9.17) is 5.73 Å². The third-order valence-corrected chi connectivity index (χ3v) is 4.35. The Bertz CT molecular complexity index is 491. The fraction of sp³-hybridized carbons (Fsp3) is 0.562. The maximum atomic E-state index is 12.1. The zero-order valence-electron chi connectivity index (χ0n) is 12.8. The lowest BCUT2D eigenvalue weighted by Gasteiger charge is -2.19. The molecule has 0 bridgehead atoms. The molecule has 1 aromatic rings. The standard InChI is InChI=1S/C16H23N3O.2ClH/c1-11-8-14(10-19(11)15-6-7-15)18-16(20)9-12-2-4-13(17)5-3-12;;/h2-5,11,14-15H,6-10,17H2,1H3,(H,18,20);2*1H. The molecule has 0 spiro atoms. The maximum absolute atomic E-state index is 12.1. The number of hydrogen-bond acceptors (Lipinski definition) is 3. The van der Waals surface area contributed by atoms with Crippen LogP contribution in [0.25, 0.3) is 0 Å². The fourth-order valence-electron chi connectivity index (χ4n) is 3.18. The van der Waals surface area contributed by atoms with Crippen molar-refractivity contribution in [2.24, 2.45) is 0 Å². The zero-order chi connectivity index (χ0) is 14.1. The van der Waals surface area contributed by atoms with Crippen LogP contribution in [0.1, 0.15) is 31.7 Å². The van der Waals surface area contributed by atoms with Crippen LogP contribution in [-0.4, -0.2) is 35.5 Å². The smallest absolute Gasteiger partial charge is 0.224 e. The molecule has 1 aromatic carbocycles. The van der Waals surface area contributed by atoms with Crippen molar-refractivity contribution in [1.82, 2.24) is 10.2 Å². The molecule has 1 aliphatic heterocycles. The summed E-state index contributed by atoms with van der Waals surface area (Å²) in [5.41, 5.74) is 7.40. The van der Waals surface area contributed by atoms with Crippen LogP contribution in [0.15, 0.2) is 24.3 Å². The molecule has 6 heteroatoms. The number of nitrogen functional groups attached to an aromatic ring is 1. The van der Waals surface area contributed by atoms with Crippen molar-refractivity contribution in [2.75, 3.05) is 12.3 Å². The van der Waals surface area contributed by atoms with Crippen molar-refractivity contribution in [3.63, 3.8) is 0 Å². The Morgan fingerprint density at radius 3 is 2.50 bits per heavy atom. The number of carbonyl (C=O) groups excluding carboxylic acids is 1. The Kier molecular flexibility index (Phi) is 6.98. The van der Waals surface area contributed by atoms with Crippen LogP contribution in [0.2, 0.25) is 0 Å². The summed E-state index contributed by atoms with van der Waals surface area (Å²) in [5, 5.41) is 3.17. The second-order valence-electron chi connectivity index (χ2n) is 6.20. The molecule has 3 rings (SSSR count). The summed E-state index contributed by atoms with van der Waals surface area (Å²) in [6.45, 7) is 3.28. The number of likely N-dealkylation sites (tertiary alicyclic amines) is 1. The molecule has 2 fully saturated rings. The minimum absolute atomic E-state index is 0. The molecule has 1 amide bonds. The van der Waals surface area contributed by atoms with Crippen molar-refractivity contribution in [2.45, 2.75) is 50.7 Å². The largest absolute Gasteiger partial charge is 0.399 e. The second kappa shape index (κ2) is 8.04. The first-order valence-electron chi connectivity index (χ1n) is 7.51. The Balaban J connectivity index is 0.00000121. The van der Waals surface area contributed by atoms with Crippen LogP contribution in [0.3, 0.4) is 0 Å². The summed E-state index contributed by atoms with van der Waals surface area (Å²) >= 11 is 0. The minimum Gasteiger partial charge on any atom is -0.399 e. The van der Waals surface area contributed by atoms with Crippen molar-refractivity contribution in [3.05, 3.63) is 29.8 Å². The van der Waals surface area contributed by atoms with E-state index < -0.39 is 0 Å². The molecule has 3 N–H and O–H groups in total. The molecular formula is C16H25Cl2N3O. The van der Waals surface area contributed by atoms with Gasteiger partial charge in [-0.25, -0.2) is 0 Å². The molecule has 1 aliphatic carbocycles. The van der Waals surface area contributed by atoms with Crippen molar-refractivity contribution < 1.29 is 4.79 Å². The molecule has 2 unspecified atom stereocenters. The number of carbonyl (C=O) groups is 1. The average Bonchev–Trinajstić information content (AvgIpc) is 3.17. The third-order valence-electron chi connectivity index (χ3n) is 4.35. The van der Waals surface area contributed by atoms with Crippen molar-refractivity contribution in [1.29, 1.82) is 0 Å². The van der Waals surface area contributed by atoms with Crippen LogP contribution in [0, 0.1) is 0 Å². The number of nitrogens with zero attached hydrogens (tertiary/aromatic N) is 1. The SMILES string of the molecule is CC1CC(NC(=O)Cc2ccc(N)cc2)CN1C1CC1.Cl.Cl. The second-order valence-corrected chi connectivity index (χ2v) is 6.20. The number of halogens is 2. The van der Waals surface area contributed by atoms with Crippen molar-refractivity contribution >= 4 is 36.4 Å². The van der Waals surface area contributed by atoms with E-state index in [1.807, 2.05) is 24.3 Å². The Labute approximate surface area is 144 Å². The number of hydrogen-bond donors (Lipinski definition) is 2. The van der Waals surface area contributed by atoms with Gasteiger partial charge in [-0.2, -0.15) is 0 Å². The van der Waals surface area contributed by atoms with Gasteiger partial charge in [-0.05, 0) is 43.9 Å². The number of nitrogens with two attached hydrogens (primary N) is 1. The molecule has 4 nitrogen and oxygen atoms in total. The van der Waals surface area contributed by atoms with E-state index in [2.05, 4.69) is 17.1 Å². The molecular weight excluding hydrogens is 321 g/mol. The Hall–Kier alpha value is -0.970. The van der Waals surface area contributed by atoms with Gasteiger partial charge in [0.1, 0.15) is 0 Å². The predicted octanol–water partition coefficient (Wildman–Crippen LogP) is 2.40. The topological polar surface area (TPSA) is 58.4 Å². The highest BCUT2D eigenvalue weighted by atomic mass is 35.5. The van der Waals surface area contributed by atoms with E-state index in [1.165, 1.54) is 12.8 Å². The zero-order valence-corrected chi connectivity index (χ0v) is 14.5. The van der Waals surface area contributed by atoms with Gasteiger partial charge in [0.2, 0.25) is 5.91 Å². The number of benzene rings is 1. The molecule has 2 aliphatic rings. The van der Waals surface area contributed by atoms with Crippen LogP contribution < -0.4 is 11.1 Å². The van der Waals surface area contributed by atoms with E-state index in [1.54, 1.807) is 0 Å². The lowest BCUT2D eigenvalue weighted by molar-refractivity contribution is -0.121. The first-order valence-corrected chi connectivity index (χ1v) is 7.51. The van der Waals surface area contributed by atoms with Gasteiger partial charge in [-0.3, -0.25) is 9.69 Å². The Morgan fingerprint density at radius 1 is 1.27 bits per heavy atom. The van der Waals surface area contributed by atoms with Gasteiger partial charge in [0.25, 0.3) is 0 Å². The fourth-order valence-corrected chi connectivity index (χ4v) is 3.18. The van der Waals surface area contributed by atoms with Gasteiger partial charge in [0.05, 0.1) is 6.42 Å². The van der Waals surface area contributed by atoms with Gasteiger partial charge >= 0.3 is 0 Å². The molecule has 1 saturated heterocycles. The van der Waals surface area contributed by atoms with Crippen LogP contribution in [-0.2, 0) is 11.2 Å². The molecule has 124 valence electrons. The number of nitrogens with one attached hydrogen (secondary N) is 1. The maximum Gasteiger partial charge on any atom is 0.224 e. The lowest BCUT2D eigenvalue weighted by atomic mass is 10.1. The normalized spacial score (nSPS) is 24.2.